The van der Waals surface area contributed by atoms with Gasteiger partial charge < -0.3 is 14.6 Å². The molecule has 2 bridgehead atoms. The summed E-state index contributed by atoms with van der Waals surface area (Å²) in [5.41, 5.74) is 0. The van der Waals surface area contributed by atoms with Crippen molar-refractivity contribution >= 4 is 24.8 Å². The third-order valence-electron chi connectivity index (χ3n) is 3.35. The molecule has 1 aromatic heterocycles. The zero-order valence-corrected chi connectivity index (χ0v) is 13.0. The van der Waals surface area contributed by atoms with Gasteiger partial charge in [0.15, 0.2) is 0 Å². The number of amides is 1. The third kappa shape index (κ3) is 3.50. The van der Waals surface area contributed by atoms with Gasteiger partial charge in [0.25, 0.3) is 0 Å². The van der Waals surface area contributed by atoms with Crippen molar-refractivity contribution in [2.75, 3.05) is 5.75 Å². The van der Waals surface area contributed by atoms with Gasteiger partial charge >= 0.3 is 7.12 Å². The lowest BCUT2D eigenvalue weighted by Gasteiger charge is -2.30. The predicted octanol–water partition coefficient (Wildman–Crippen LogP) is 0.0935. The van der Waals surface area contributed by atoms with Crippen molar-refractivity contribution in [2.24, 2.45) is 7.05 Å². The van der Waals surface area contributed by atoms with Crippen LogP contribution in [0.5, 0.6) is 0 Å². The highest BCUT2D eigenvalue weighted by molar-refractivity contribution is 7.99. The number of fused-ring (bicyclic) bond motifs is 2. The van der Waals surface area contributed by atoms with Gasteiger partial charge in [-0.2, -0.15) is 0 Å². The Balaban J connectivity index is 1.55. The van der Waals surface area contributed by atoms with E-state index in [1.165, 1.54) is 16.4 Å². The average molecular weight is 321 g/mol. The van der Waals surface area contributed by atoms with E-state index in [0.29, 0.717) is 23.8 Å². The molecule has 3 heterocycles. The first-order valence-corrected chi connectivity index (χ1v) is 7.91. The first-order chi connectivity index (χ1) is 10.6. The summed E-state index contributed by atoms with van der Waals surface area (Å²) in [5.74, 6) is 0.565. The second-order valence-electron chi connectivity index (χ2n) is 5.12. The number of rotatable bonds is 4. The molecule has 3 rings (SSSR count). The van der Waals surface area contributed by atoms with Crippen molar-refractivity contribution in [3.63, 3.8) is 0 Å². The zero-order valence-electron chi connectivity index (χ0n) is 12.1. The van der Waals surface area contributed by atoms with E-state index in [9.17, 15) is 4.79 Å². The van der Waals surface area contributed by atoms with Crippen molar-refractivity contribution in [1.29, 1.82) is 0 Å². The highest BCUT2D eigenvalue weighted by Crippen LogP contribution is 2.24. The molecular formula is C12H16BN5O3S. The lowest BCUT2D eigenvalue weighted by molar-refractivity contribution is -0.119. The molecule has 1 saturated heterocycles. The Labute approximate surface area is 132 Å². The summed E-state index contributed by atoms with van der Waals surface area (Å²) in [7, 11) is 1.23. The SMILES string of the molecule is C=C1C[C@H]2C=CC[C@H](NC(=O)CSc3nnnn3C)B(O1)O2. The number of thioether (sulfide) groups is 1. The number of hydrogen-bond acceptors (Lipinski definition) is 7. The topological polar surface area (TPSA) is 91.2 Å². The molecule has 2 atom stereocenters. The summed E-state index contributed by atoms with van der Waals surface area (Å²) in [6.07, 6.45) is 5.30. The Bertz CT molecular complexity index is 607. The van der Waals surface area contributed by atoms with Gasteiger partial charge in [-0.1, -0.05) is 30.5 Å². The third-order valence-corrected chi connectivity index (χ3v) is 4.36. The molecule has 10 heteroatoms. The van der Waals surface area contributed by atoms with Crippen molar-refractivity contribution in [2.45, 2.75) is 30.0 Å². The summed E-state index contributed by atoms with van der Waals surface area (Å²) in [5, 5.41) is 14.6. The fourth-order valence-electron chi connectivity index (χ4n) is 2.31. The smallest absolute Gasteiger partial charge is 0.538 e. The molecule has 8 nitrogen and oxygen atoms in total. The van der Waals surface area contributed by atoms with Crippen molar-refractivity contribution in [1.82, 2.24) is 25.5 Å². The number of carbonyl (C=O) groups excluding carboxylic acids is 1. The number of nitrogens with one attached hydrogen (secondary N) is 1. The van der Waals surface area contributed by atoms with Crippen LogP contribution in [0.25, 0.3) is 0 Å². The van der Waals surface area contributed by atoms with Gasteiger partial charge in [0.05, 0.1) is 23.6 Å². The summed E-state index contributed by atoms with van der Waals surface area (Å²) in [6.45, 7) is 3.85. The molecule has 0 saturated carbocycles. The van der Waals surface area contributed by atoms with Crippen molar-refractivity contribution in [3.05, 3.63) is 24.5 Å². The van der Waals surface area contributed by atoms with Crippen LogP contribution in [0.2, 0.25) is 0 Å². The predicted molar refractivity (Wildman–Crippen MR) is 80.7 cm³/mol. The van der Waals surface area contributed by atoms with Crippen molar-refractivity contribution < 1.29 is 14.1 Å². The summed E-state index contributed by atoms with van der Waals surface area (Å²) in [6, 6.07) is 0. The molecular weight excluding hydrogens is 305 g/mol. The second kappa shape index (κ2) is 6.53. The van der Waals surface area contributed by atoms with Gasteiger partial charge in [-0.25, -0.2) is 4.68 Å². The van der Waals surface area contributed by atoms with E-state index in [2.05, 4.69) is 27.4 Å². The molecule has 0 aliphatic carbocycles. The Hall–Kier alpha value is -1.81. The highest BCUT2D eigenvalue weighted by Gasteiger charge is 2.40. The minimum absolute atomic E-state index is 0.0211. The Kier molecular flexibility index (Phi) is 4.48. The number of nitrogens with zero attached hydrogens (tertiary/aromatic N) is 4. The molecule has 0 aromatic carbocycles. The quantitative estimate of drug-likeness (QED) is 0.477. The maximum Gasteiger partial charge on any atom is 0.549 e. The lowest BCUT2D eigenvalue weighted by Crippen LogP contribution is -2.51. The lowest BCUT2D eigenvalue weighted by atomic mass is 9.75. The molecule has 1 amide bonds. The molecule has 0 unspecified atom stereocenters. The van der Waals surface area contributed by atoms with Crippen LogP contribution in [0.1, 0.15) is 12.8 Å². The van der Waals surface area contributed by atoms with Crippen LogP contribution in [0.3, 0.4) is 0 Å². The Morgan fingerprint density at radius 2 is 2.55 bits per heavy atom. The molecule has 22 heavy (non-hydrogen) atoms. The first-order valence-electron chi connectivity index (χ1n) is 6.93. The minimum atomic E-state index is -0.494. The first kappa shape index (κ1) is 15.1. The summed E-state index contributed by atoms with van der Waals surface area (Å²) < 4.78 is 12.9. The number of aryl methyl sites for hydroxylation is 1. The standard InChI is InChI=1S/C12H16BN5O3S/c1-8-6-9-4-3-5-10(13(20-8)21-9)14-11(19)7-22-12-15-16-17-18(12)2/h3-4,9-10H,1,5-7H2,2H3,(H,14,19)/t9-,10+/m1/s1. The van der Waals surface area contributed by atoms with E-state index in [1.54, 1.807) is 7.05 Å². The Morgan fingerprint density at radius 1 is 1.68 bits per heavy atom. The van der Waals surface area contributed by atoms with Crippen LogP contribution in [-0.2, 0) is 21.2 Å². The number of hydrogen-bond donors (Lipinski definition) is 1. The van der Waals surface area contributed by atoms with Gasteiger partial charge in [-0.05, 0) is 16.8 Å². The van der Waals surface area contributed by atoms with Gasteiger partial charge in [0.1, 0.15) is 0 Å². The van der Waals surface area contributed by atoms with Crippen LogP contribution in [0.4, 0.5) is 0 Å². The highest BCUT2D eigenvalue weighted by atomic mass is 32.2. The summed E-state index contributed by atoms with van der Waals surface area (Å²) >= 11 is 1.28. The van der Waals surface area contributed by atoms with Gasteiger partial charge in [0.2, 0.25) is 11.1 Å². The molecule has 1 aromatic rings. The molecule has 1 N–H and O–H groups in total. The molecule has 1 fully saturated rings. The van der Waals surface area contributed by atoms with E-state index in [4.69, 9.17) is 9.31 Å². The molecule has 0 spiro atoms. The van der Waals surface area contributed by atoms with Gasteiger partial charge in [0, 0.05) is 13.5 Å². The van der Waals surface area contributed by atoms with Crippen LogP contribution < -0.4 is 5.32 Å². The fourth-order valence-corrected chi connectivity index (χ4v) is 2.97. The van der Waals surface area contributed by atoms with Gasteiger partial charge in [-0.3, -0.25) is 4.79 Å². The second-order valence-corrected chi connectivity index (χ2v) is 6.06. The number of tetrazole rings is 1. The number of aromatic nitrogens is 4. The van der Waals surface area contributed by atoms with Crippen molar-refractivity contribution in [3.8, 4) is 0 Å². The zero-order chi connectivity index (χ0) is 15.5. The van der Waals surface area contributed by atoms with E-state index in [0.717, 1.165) is 0 Å². The number of carbonyl (C=O) groups is 1. The van der Waals surface area contributed by atoms with Crippen LogP contribution in [0, 0.1) is 0 Å². The molecule has 0 radical (unpaired) electrons. The normalized spacial score (nSPS) is 23.9. The van der Waals surface area contributed by atoms with E-state index >= 15 is 0 Å². The molecule has 2 aliphatic rings. The van der Waals surface area contributed by atoms with E-state index < -0.39 is 7.12 Å². The summed E-state index contributed by atoms with van der Waals surface area (Å²) in [4.78, 5) is 12.1. The molecule has 2 aliphatic heterocycles. The fraction of sp³-hybridized carbons (Fsp3) is 0.500. The largest absolute Gasteiger partial charge is 0.549 e. The monoisotopic (exact) mass is 321 g/mol. The van der Waals surface area contributed by atoms with E-state index in [1.807, 2.05) is 12.2 Å². The van der Waals surface area contributed by atoms with Gasteiger partial charge in [-0.15, -0.1) is 5.10 Å². The average Bonchev–Trinajstić information content (AvgIpc) is 2.82. The Morgan fingerprint density at radius 3 is 3.32 bits per heavy atom. The van der Waals surface area contributed by atoms with Crippen LogP contribution >= 0.6 is 11.8 Å². The maximum atomic E-state index is 12.1. The van der Waals surface area contributed by atoms with E-state index in [-0.39, 0.29) is 23.7 Å². The minimum Gasteiger partial charge on any atom is -0.538 e. The van der Waals surface area contributed by atoms with Crippen LogP contribution in [0.15, 0.2) is 29.6 Å². The molecule has 116 valence electrons. The maximum absolute atomic E-state index is 12.1. The van der Waals surface area contributed by atoms with Crippen LogP contribution in [-0.4, -0.2) is 51.0 Å².